The van der Waals surface area contributed by atoms with Crippen molar-refractivity contribution in [2.24, 2.45) is 0 Å². The summed E-state index contributed by atoms with van der Waals surface area (Å²) in [5, 5.41) is 13.0. The van der Waals surface area contributed by atoms with Gasteiger partial charge in [0.2, 0.25) is 0 Å². The average molecular weight is 657 g/mol. The first-order valence-corrected chi connectivity index (χ1v) is 17.0. The van der Waals surface area contributed by atoms with Gasteiger partial charge in [0.05, 0.1) is 17.1 Å². The van der Waals surface area contributed by atoms with Gasteiger partial charge < -0.3 is 9.52 Å². The minimum atomic E-state index is 0.199. The smallest absolute Gasteiger partial charge is 0.143 e. The highest BCUT2D eigenvalue weighted by atomic mass is 16.3. The lowest BCUT2D eigenvalue weighted by atomic mass is 9.96. The topological polar surface area (TPSA) is 59.2 Å². The third-order valence-electron chi connectivity index (χ3n) is 9.43. The van der Waals surface area contributed by atoms with Gasteiger partial charge in [0.1, 0.15) is 16.9 Å². The van der Waals surface area contributed by atoms with Crippen LogP contribution in [0, 0.1) is 6.92 Å². The van der Waals surface area contributed by atoms with Crippen molar-refractivity contribution in [3.05, 3.63) is 176 Å². The van der Waals surface area contributed by atoms with E-state index in [4.69, 9.17) is 14.4 Å². The van der Waals surface area contributed by atoms with Crippen molar-refractivity contribution in [3.63, 3.8) is 0 Å². The van der Waals surface area contributed by atoms with Crippen molar-refractivity contribution >= 4 is 21.9 Å². The Morgan fingerprint density at radius 3 is 1.80 bits per heavy atom. The molecule has 51 heavy (non-hydrogen) atoms. The van der Waals surface area contributed by atoms with Gasteiger partial charge in [-0.15, -0.1) is 0 Å². The molecule has 0 fully saturated rings. The first-order valence-electron chi connectivity index (χ1n) is 17.0. The van der Waals surface area contributed by atoms with Crippen LogP contribution in [0.5, 0.6) is 5.75 Å². The largest absolute Gasteiger partial charge is 0.507 e. The van der Waals surface area contributed by atoms with Gasteiger partial charge in [-0.2, -0.15) is 0 Å². The molecule has 3 aromatic heterocycles. The predicted octanol–water partition coefficient (Wildman–Crippen LogP) is 12.4. The van der Waals surface area contributed by atoms with Crippen LogP contribution in [0.1, 0.15) is 5.69 Å². The number of aromatic hydroxyl groups is 1. The summed E-state index contributed by atoms with van der Waals surface area (Å²) in [5.41, 5.74) is 14.3. The molecule has 4 heteroatoms. The molecule has 0 aliphatic carbocycles. The Morgan fingerprint density at radius 1 is 0.412 bits per heavy atom. The van der Waals surface area contributed by atoms with Gasteiger partial charge in [-0.1, -0.05) is 115 Å². The Balaban J connectivity index is 1.11. The van der Waals surface area contributed by atoms with Crippen LogP contribution >= 0.6 is 0 Å². The van der Waals surface area contributed by atoms with E-state index in [1.165, 1.54) is 0 Å². The predicted molar refractivity (Wildman–Crippen MR) is 208 cm³/mol. The fourth-order valence-electron chi connectivity index (χ4n) is 6.97. The van der Waals surface area contributed by atoms with Crippen LogP contribution in [0.15, 0.2) is 174 Å². The molecule has 6 aromatic carbocycles. The quantitative estimate of drug-likeness (QED) is 0.193. The summed E-state index contributed by atoms with van der Waals surface area (Å²) in [6.45, 7) is 2.04. The lowest BCUT2D eigenvalue weighted by Crippen LogP contribution is -1.93. The molecule has 0 radical (unpaired) electrons. The Bertz CT molecular complexity index is 2730. The second-order valence-electron chi connectivity index (χ2n) is 12.8. The Labute approximate surface area is 296 Å². The molecule has 0 aliphatic rings. The van der Waals surface area contributed by atoms with E-state index in [0.717, 1.165) is 83.5 Å². The third-order valence-corrected chi connectivity index (χ3v) is 9.43. The molecule has 9 aromatic rings. The number of furan rings is 1. The summed E-state index contributed by atoms with van der Waals surface area (Å²) in [4.78, 5) is 10.0. The third kappa shape index (κ3) is 5.73. The number of phenols is 1. The van der Waals surface area contributed by atoms with E-state index in [1.54, 1.807) is 6.07 Å². The molecule has 3 heterocycles. The lowest BCUT2D eigenvalue weighted by molar-refractivity contribution is 0.477. The maximum absolute atomic E-state index is 10.7. The van der Waals surface area contributed by atoms with Crippen LogP contribution in [-0.4, -0.2) is 15.1 Å². The standard InChI is InChI=1S/C47H32N2O2/c1-30-24-36(32-14-9-15-33(25-32)38-20-11-21-40-39-18-6-8-23-46(39)51-47(38)40)27-42(48-30)34-16-10-17-35(26-34)43-28-37(31-12-3-2-4-13-31)29-44(49-43)41-19-5-7-22-45(41)50/h2-29,50H,1H3. The Hall–Kier alpha value is -6.78. The van der Waals surface area contributed by atoms with Crippen molar-refractivity contribution in [2.45, 2.75) is 6.92 Å². The fourth-order valence-corrected chi connectivity index (χ4v) is 6.97. The number of nitrogens with zero attached hydrogens (tertiary/aromatic N) is 2. The number of para-hydroxylation sites is 3. The minimum absolute atomic E-state index is 0.199. The molecule has 0 atom stereocenters. The van der Waals surface area contributed by atoms with E-state index < -0.39 is 0 Å². The molecule has 0 unspecified atom stereocenters. The highest BCUT2D eigenvalue weighted by molar-refractivity contribution is 6.09. The molecule has 0 aliphatic heterocycles. The summed E-state index contributed by atoms with van der Waals surface area (Å²) in [6, 6.07) is 57.6. The van der Waals surface area contributed by atoms with Gasteiger partial charge in [0.25, 0.3) is 0 Å². The summed E-state index contributed by atoms with van der Waals surface area (Å²) in [5.74, 6) is 0.199. The summed E-state index contributed by atoms with van der Waals surface area (Å²) in [7, 11) is 0. The second-order valence-corrected chi connectivity index (χ2v) is 12.8. The number of hydrogen-bond donors (Lipinski definition) is 1. The van der Waals surface area contributed by atoms with E-state index in [-0.39, 0.29) is 5.75 Å². The number of hydrogen-bond acceptors (Lipinski definition) is 4. The Morgan fingerprint density at radius 2 is 0.980 bits per heavy atom. The van der Waals surface area contributed by atoms with E-state index in [0.29, 0.717) is 11.3 Å². The zero-order valence-electron chi connectivity index (χ0n) is 27.9. The first-order chi connectivity index (χ1) is 25.1. The van der Waals surface area contributed by atoms with Crippen LogP contribution in [0.25, 0.3) is 89.1 Å². The zero-order valence-corrected chi connectivity index (χ0v) is 27.9. The van der Waals surface area contributed by atoms with Crippen molar-refractivity contribution < 1.29 is 9.52 Å². The zero-order chi connectivity index (χ0) is 34.3. The van der Waals surface area contributed by atoms with Crippen LogP contribution in [0.2, 0.25) is 0 Å². The maximum atomic E-state index is 10.7. The van der Waals surface area contributed by atoms with Crippen molar-refractivity contribution in [1.82, 2.24) is 9.97 Å². The number of benzene rings is 6. The fraction of sp³-hybridized carbons (Fsp3) is 0.0213. The number of phenolic OH excluding ortho intramolecular Hbond substituents is 1. The average Bonchev–Trinajstić information content (AvgIpc) is 3.57. The monoisotopic (exact) mass is 656 g/mol. The minimum Gasteiger partial charge on any atom is -0.507 e. The van der Waals surface area contributed by atoms with E-state index in [9.17, 15) is 5.11 Å². The molecule has 0 saturated carbocycles. The first kappa shape index (κ1) is 30.3. The van der Waals surface area contributed by atoms with Crippen molar-refractivity contribution in [3.8, 4) is 72.9 Å². The second kappa shape index (κ2) is 12.6. The van der Waals surface area contributed by atoms with E-state index in [2.05, 4.69) is 109 Å². The van der Waals surface area contributed by atoms with Crippen molar-refractivity contribution in [1.29, 1.82) is 0 Å². The number of aryl methyl sites for hydroxylation is 1. The molecule has 0 bridgehead atoms. The van der Waals surface area contributed by atoms with Gasteiger partial charge in [0, 0.05) is 38.7 Å². The summed E-state index contributed by atoms with van der Waals surface area (Å²) >= 11 is 0. The van der Waals surface area contributed by atoms with E-state index in [1.807, 2.05) is 61.5 Å². The van der Waals surface area contributed by atoms with E-state index >= 15 is 0 Å². The number of fused-ring (bicyclic) bond motifs is 3. The highest BCUT2D eigenvalue weighted by Crippen LogP contribution is 2.38. The van der Waals surface area contributed by atoms with Gasteiger partial charge in [-0.25, -0.2) is 4.98 Å². The normalized spacial score (nSPS) is 11.3. The Kier molecular flexibility index (Phi) is 7.48. The number of rotatable bonds is 6. The molecule has 9 rings (SSSR count). The summed E-state index contributed by atoms with van der Waals surface area (Å²) < 4.78 is 6.37. The molecule has 0 saturated heterocycles. The van der Waals surface area contributed by atoms with Crippen LogP contribution in [-0.2, 0) is 0 Å². The van der Waals surface area contributed by atoms with Crippen LogP contribution in [0.4, 0.5) is 0 Å². The molecule has 1 N–H and O–H groups in total. The SMILES string of the molecule is Cc1cc(-c2cccc(-c3cccc4c3oc3ccccc34)c2)cc(-c2cccc(-c3cc(-c4ccccc4)cc(-c4ccccc4O)n3)c2)n1. The van der Waals surface area contributed by atoms with Gasteiger partial charge in [-0.3, -0.25) is 4.98 Å². The van der Waals surface area contributed by atoms with Gasteiger partial charge in [-0.05, 0) is 89.3 Å². The number of pyridine rings is 2. The molecular formula is C47H32N2O2. The van der Waals surface area contributed by atoms with Crippen LogP contribution in [0.3, 0.4) is 0 Å². The molecule has 242 valence electrons. The molecule has 4 nitrogen and oxygen atoms in total. The number of aromatic nitrogens is 2. The highest BCUT2D eigenvalue weighted by Gasteiger charge is 2.15. The maximum Gasteiger partial charge on any atom is 0.143 e. The lowest BCUT2D eigenvalue weighted by Gasteiger charge is -2.13. The van der Waals surface area contributed by atoms with Crippen LogP contribution < -0.4 is 0 Å². The molecule has 0 amide bonds. The molecular weight excluding hydrogens is 625 g/mol. The summed E-state index contributed by atoms with van der Waals surface area (Å²) in [6.07, 6.45) is 0. The van der Waals surface area contributed by atoms with Gasteiger partial charge in [0.15, 0.2) is 0 Å². The molecule has 0 spiro atoms. The van der Waals surface area contributed by atoms with Gasteiger partial charge >= 0.3 is 0 Å². The van der Waals surface area contributed by atoms with Crippen molar-refractivity contribution in [2.75, 3.05) is 0 Å².